The van der Waals surface area contributed by atoms with Gasteiger partial charge in [-0.2, -0.15) is 0 Å². The Kier molecular flexibility index (Phi) is 5.75. The number of aliphatic imine (C=N–C) groups is 1. The highest BCUT2D eigenvalue weighted by Crippen LogP contribution is 2.44. The molecule has 2 aromatic carbocycles. The molecule has 2 amide bonds. The van der Waals surface area contributed by atoms with Crippen LogP contribution in [0.25, 0.3) is 0 Å². The first kappa shape index (κ1) is 21.4. The summed E-state index contributed by atoms with van der Waals surface area (Å²) < 4.78 is 5.23. The summed E-state index contributed by atoms with van der Waals surface area (Å²) in [6.07, 6.45) is 4.37. The minimum absolute atomic E-state index is 0.275. The van der Waals surface area contributed by atoms with E-state index in [1.807, 2.05) is 25.1 Å². The number of hydrogen-bond acceptors (Lipinski definition) is 4. The number of hydrogen-bond donors (Lipinski definition) is 1. The Morgan fingerprint density at radius 3 is 2.42 bits per heavy atom. The molecular formula is C24H26ClN3O3. The molecule has 2 N–H and O–H groups in total. The number of ether oxygens (including phenoxy) is 1. The fourth-order valence-corrected chi connectivity index (χ4v) is 4.77. The van der Waals surface area contributed by atoms with Crippen LogP contribution in [0.2, 0.25) is 5.02 Å². The van der Waals surface area contributed by atoms with Gasteiger partial charge >= 0.3 is 0 Å². The van der Waals surface area contributed by atoms with Crippen LogP contribution < -0.4 is 10.5 Å². The zero-order valence-electron chi connectivity index (χ0n) is 17.7. The van der Waals surface area contributed by atoms with E-state index < -0.39 is 17.6 Å². The Hall–Kier alpha value is -2.86. The van der Waals surface area contributed by atoms with Crippen LogP contribution in [0.4, 0.5) is 0 Å². The molecule has 2 aliphatic rings. The average Bonchev–Trinajstić information content (AvgIpc) is 3.03. The van der Waals surface area contributed by atoms with E-state index in [0.29, 0.717) is 40.5 Å². The maximum Gasteiger partial charge on any atom is 0.275 e. The summed E-state index contributed by atoms with van der Waals surface area (Å²) in [4.78, 5) is 33.0. The first-order valence-electron chi connectivity index (χ1n) is 10.5. The number of benzene rings is 2. The summed E-state index contributed by atoms with van der Waals surface area (Å²) in [5, 5.41) is 0.599. The van der Waals surface area contributed by atoms with E-state index in [1.54, 1.807) is 36.3 Å². The second-order valence-corrected chi connectivity index (χ2v) is 8.63. The lowest BCUT2D eigenvalue weighted by molar-refractivity contribution is -0.141. The van der Waals surface area contributed by atoms with Crippen molar-refractivity contribution in [1.29, 1.82) is 0 Å². The van der Waals surface area contributed by atoms with Crippen LogP contribution in [0.5, 0.6) is 5.75 Å². The van der Waals surface area contributed by atoms with Crippen LogP contribution in [-0.4, -0.2) is 35.2 Å². The monoisotopic (exact) mass is 439 g/mol. The van der Waals surface area contributed by atoms with E-state index in [9.17, 15) is 9.59 Å². The topological polar surface area (TPSA) is 85.0 Å². The molecule has 0 aromatic heterocycles. The molecule has 162 valence electrons. The Morgan fingerprint density at radius 2 is 1.84 bits per heavy atom. The fourth-order valence-electron chi connectivity index (χ4n) is 4.66. The van der Waals surface area contributed by atoms with Crippen molar-refractivity contribution in [2.45, 2.75) is 50.7 Å². The summed E-state index contributed by atoms with van der Waals surface area (Å²) >= 11 is 6.19. The van der Waals surface area contributed by atoms with Crippen molar-refractivity contribution in [3.63, 3.8) is 0 Å². The molecule has 0 radical (unpaired) electrons. The number of rotatable bonds is 5. The smallest absolute Gasteiger partial charge is 0.275 e. The minimum atomic E-state index is -0.916. The Balaban J connectivity index is 1.81. The summed E-state index contributed by atoms with van der Waals surface area (Å²) in [5.74, 6) is -0.152. The quantitative estimate of drug-likeness (QED) is 0.758. The van der Waals surface area contributed by atoms with Gasteiger partial charge in [0.2, 0.25) is 5.91 Å². The van der Waals surface area contributed by atoms with Crippen molar-refractivity contribution < 1.29 is 14.3 Å². The van der Waals surface area contributed by atoms with Gasteiger partial charge in [0, 0.05) is 10.6 Å². The number of nitrogens with zero attached hydrogens (tertiary/aromatic N) is 2. The Labute approximate surface area is 187 Å². The molecule has 31 heavy (non-hydrogen) atoms. The van der Waals surface area contributed by atoms with E-state index >= 15 is 0 Å². The molecular weight excluding hydrogens is 414 g/mol. The lowest BCUT2D eigenvalue weighted by Crippen LogP contribution is -2.53. The van der Waals surface area contributed by atoms with Crippen molar-refractivity contribution in [3.8, 4) is 5.75 Å². The van der Waals surface area contributed by atoms with Crippen molar-refractivity contribution in [3.05, 3.63) is 64.2 Å². The Morgan fingerprint density at radius 1 is 1.16 bits per heavy atom. The summed E-state index contributed by atoms with van der Waals surface area (Å²) in [6, 6.07) is 11.7. The van der Waals surface area contributed by atoms with Gasteiger partial charge in [-0.25, -0.2) is 0 Å². The molecule has 4 rings (SSSR count). The number of amides is 2. The molecule has 1 spiro atoms. The highest BCUT2D eigenvalue weighted by molar-refractivity contribution is 6.47. The SMILES string of the molecule is COc1ccc(C2=NC3(CCCCC3)N(C(C(N)=O)c3ccc(Cl)c(C)c3)C2=O)cc1. The standard InChI is InChI=1S/C24H26ClN3O3/c1-15-14-17(8-11-19(15)25)21(22(26)29)28-23(30)20(16-6-9-18(31-2)10-7-16)27-24(28)12-4-3-5-13-24/h6-11,14,21H,3-5,12-13H2,1-2H3,(H2,26,29). The third kappa shape index (κ3) is 3.81. The molecule has 0 saturated heterocycles. The lowest BCUT2D eigenvalue weighted by atomic mass is 9.86. The maximum absolute atomic E-state index is 13.7. The molecule has 2 aromatic rings. The maximum atomic E-state index is 13.7. The van der Waals surface area contributed by atoms with Gasteiger partial charge in [-0.3, -0.25) is 19.5 Å². The second kappa shape index (κ2) is 8.35. The predicted molar refractivity (Wildman–Crippen MR) is 120 cm³/mol. The van der Waals surface area contributed by atoms with Gasteiger partial charge in [0.25, 0.3) is 5.91 Å². The predicted octanol–water partition coefficient (Wildman–Crippen LogP) is 4.18. The van der Waals surface area contributed by atoms with Gasteiger partial charge in [0.05, 0.1) is 7.11 Å². The largest absolute Gasteiger partial charge is 0.497 e. The fraction of sp³-hybridized carbons (Fsp3) is 0.375. The molecule has 1 fully saturated rings. The number of methoxy groups -OCH3 is 1. The van der Waals surface area contributed by atoms with Crippen LogP contribution >= 0.6 is 11.6 Å². The molecule has 1 aliphatic carbocycles. The molecule has 7 heteroatoms. The molecule has 1 aliphatic heterocycles. The highest BCUT2D eigenvalue weighted by Gasteiger charge is 2.52. The van der Waals surface area contributed by atoms with E-state index in [2.05, 4.69) is 0 Å². The first-order valence-corrected chi connectivity index (χ1v) is 10.9. The van der Waals surface area contributed by atoms with Crippen LogP contribution in [-0.2, 0) is 9.59 Å². The average molecular weight is 440 g/mol. The first-order chi connectivity index (χ1) is 14.9. The Bertz CT molecular complexity index is 1040. The van der Waals surface area contributed by atoms with Crippen molar-refractivity contribution >= 4 is 29.1 Å². The third-order valence-corrected chi connectivity index (χ3v) is 6.66. The van der Waals surface area contributed by atoms with Gasteiger partial charge in [0.1, 0.15) is 23.2 Å². The lowest BCUT2D eigenvalue weighted by Gasteiger charge is -2.42. The molecule has 1 unspecified atom stereocenters. The van der Waals surface area contributed by atoms with Crippen LogP contribution in [0.15, 0.2) is 47.5 Å². The highest BCUT2D eigenvalue weighted by atomic mass is 35.5. The number of nitrogens with two attached hydrogens (primary N) is 1. The summed E-state index contributed by atoms with van der Waals surface area (Å²) in [5.41, 5.74) is 7.65. The molecule has 6 nitrogen and oxygen atoms in total. The summed E-state index contributed by atoms with van der Waals surface area (Å²) in [6.45, 7) is 1.87. The molecule has 1 saturated carbocycles. The van der Waals surface area contributed by atoms with Gasteiger partial charge in [-0.1, -0.05) is 30.2 Å². The van der Waals surface area contributed by atoms with Crippen molar-refractivity contribution in [2.75, 3.05) is 7.11 Å². The summed E-state index contributed by atoms with van der Waals surface area (Å²) in [7, 11) is 1.59. The number of carbonyl (C=O) groups excluding carboxylic acids is 2. The number of halogens is 1. The molecule has 1 heterocycles. The zero-order valence-corrected chi connectivity index (χ0v) is 18.5. The van der Waals surface area contributed by atoms with E-state index in [0.717, 1.165) is 24.8 Å². The third-order valence-electron chi connectivity index (χ3n) is 6.23. The van der Waals surface area contributed by atoms with E-state index in [-0.39, 0.29) is 5.91 Å². The van der Waals surface area contributed by atoms with Gasteiger partial charge < -0.3 is 10.5 Å². The van der Waals surface area contributed by atoms with E-state index in [4.69, 9.17) is 27.1 Å². The molecule has 1 atom stereocenters. The van der Waals surface area contributed by atoms with Gasteiger partial charge in [-0.15, -0.1) is 0 Å². The normalized spacial score (nSPS) is 18.7. The number of carbonyl (C=O) groups is 2. The zero-order chi connectivity index (χ0) is 22.2. The van der Waals surface area contributed by atoms with Crippen LogP contribution in [0, 0.1) is 6.92 Å². The molecule has 0 bridgehead atoms. The van der Waals surface area contributed by atoms with E-state index in [1.165, 1.54) is 0 Å². The van der Waals surface area contributed by atoms with Gasteiger partial charge in [0.15, 0.2) is 0 Å². The minimum Gasteiger partial charge on any atom is -0.497 e. The second-order valence-electron chi connectivity index (χ2n) is 8.22. The number of primary amides is 1. The van der Waals surface area contributed by atoms with Gasteiger partial charge in [-0.05, 0) is 74.1 Å². The number of aryl methyl sites for hydroxylation is 1. The van der Waals surface area contributed by atoms with Crippen LogP contribution in [0.3, 0.4) is 0 Å². The van der Waals surface area contributed by atoms with Crippen molar-refractivity contribution in [2.24, 2.45) is 10.7 Å². The van der Waals surface area contributed by atoms with Crippen LogP contribution in [0.1, 0.15) is 54.8 Å². The van der Waals surface area contributed by atoms with Crippen molar-refractivity contribution in [1.82, 2.24) is 4.90 Å².